The molecule has 0 aliphatic heterocycles. The number of phenolic OH excluding ortho intramolecular Hbond substituents is 2. The molecule has 1 heterocycles. The third kappa shape index (κ3) is 4.39. The Morgan fingerprint density at radius 2 is 2.03 bits per heavy atom. The Morgan fingerprint density at radius 3 is 2.66 bits per heavy atom. The van der Waals surface area contributed by atoms with E-state index in [0.29, 0.717) is 22.8 Å². The lowest BCUT2D eigenvalue weighted by atomic mass is 9.73. The number of phenols is 2. The van der Waals surface area contributed by atoms with Crippen molar-refractivity contribution in [3.05, 3.63) is 46.8 Å². The number of allylic oxidation sites excluding steroid dienone is 3. The largest absolute Gasteiger partial charge is 0.507 e. The number of aromatic nitrogens is 2. The molecule has 2 N–H and O–H groups in total. The van der Waals surface area contributed by atoms with Crippen molar-refractivity contribution >= 4 is 0 Å². The highest BCUT2D eigenvalue weighted by Crippen LogP contribution is 2.50. The summed E-state index contributed by atoms with van der Waals surface area (Å²) in [5.41, 5.74) is 4.23. The predicted molar refractivity (Wildman–Crippen MR) is 115 cm³/mol. The van der Waals surface area contributed by atoms with E-state index in [4.69, 9.17) is 4.52 Å². The second-order valence-electron chi connectivity index (χ2n) is 8.33. The van der Waals surface area contributed by atoms with Gasteiger partial charge in [-0.25, -0.2) is 0 Å². The van der Waals surface area contributed by atoms with Crippen LogP contribution < -0.4 is 0 Å². The maximum absolute atomic E-state index is 11.4. The van der Waals surface area contributed by atoms with Crippen LogP contribution in [-0.2, 0) is 6.42 Å². The molecule has 5 heteroatoms. The first kappa shape index (κ1) is 21.2. The van der Waals surface area contributed by atoms with Gasteiger partial charge in [-0.3, -0.25) is 0 Å². The van der Waals surface area contributed by atoms with E-state index in [-0.39, 0.29) is 23.3 Å². The monoisotopic (exact) mass is 396 g/mol. The second kappa shape index (κ2) is 8.85. The summed E-state index contributed by atoms with van der Waals surface area (Å²) in [6.45, 7) is 12.2. The Balaban J connectivity index is 2.18. The van der Waals surface area contributed by atoms with Crippen molar-refractivity contribution in [3.63, 3.8) is 0 Å². The predicted octanol–water partition coefficient (Wildman–Crippen LogP) is 6.20. The molecular weight excluding hydrogens is 364 g/mol. The van der Waals surface area contributed by atoms with Gasteiger partial charge in [0.25, 0.3) is 5.89 Å². The van der Waals surface area contributed by atoms with Gasteiger partial charge in [0, 0.05) is 11.5 Å². The summed E-state index contributed by atoms with van der Waals surface area (Å²) >= 11 is 0. The molecule has 2 unspecified atom stereocenters. The van der Waals surface area contributed by atoms with Gasteiger partial charge in [0.1, 0.15) is 11.5 Å². The van der Waals surface area contributed by atoms with Crippen molar-refractivity contribution in [2.45, 2.75) is 72.1 Å². The van der Waals surface area contributed by atoms with Crippen LogP contribution in [-0.4, -0.2) is 20.4 Å². The number of aromatic hydroxyl groups is 2. The van der Waals surface area contributed by atoms with E-state index < -0.39 is 0 Å². The third-order valence-electron chi connectivity index (χ3n) is 5.90. The Labute approximate surface area is 173 Å². The number of benzene rings is 1. The summed E-state index contributed by atoms with van der Waals surface area (Å²) in [5, 5.41) is 26.2. The standard InChI is InChI=1S/C24H32N2O3/c1-6-7-8-9-17-13-20(27)22(19-12-15(4)10-11-18(19)14(2)3)23(28)21(17)24-25-16(5)26-29-24/h12-13,18-19,27-28H,2,6-11H2,1,3-5H3. The molecule has 3 rings (SSSR count). The average molecular weight is 397 g/mol. The first-order valence-electron chi connectivity index (χ1n) is 10.5. The molecule has 1 aliphatic carbocycles. The molecule has 0 fully saturated rings. The molecule has 0 amide bonds. The summed E-state index contributed by atoms with van der Waals surface area (Å²) in [6, 6.07) is 1.77. The minimum Gasteiger partial charge on any atom is -0.507 e. The fraction of sp³-hybridized carbons (Fsp3) is 0.500. The van der Waals surface area contributed by atoms with Gasteiger partial charge in [-0.15, -0.1) is 0 Å². The van der Waals surface area contributed by atoms with Crippen molar-refractivity contribution in [1.29, 1.82) is 0 Å². The average Bonchev–Trinajstić information content (AvgIpc) is 3.07. The molecular formula is C24H32N2O3. The lowest BCUT2D eigenvalue weighted by Gasteiger charge is -2.32. The molecule has 0 radical (unpaired) electrons. The van der Waals surface area contributed by atoms with Crippen LogP contribution in [0.4, 0.5) is 0 Å². The zero-order chi connectivity index (χ0) is 21.1. The number of rotatable bonds is 7. The lowest BCUT2D eigenvalue weighted by Crippen LogP contribution is -2.17. The van der Waals surface area contributed by atoms with Crippen LogP contribution in [0.15, 0.2) is 34.4 Å². The highest BCUT2D eigenvalue weighted by atomic mass is 16.5. The van der Waals surface area contributed by atoms with E-state index in [1.165, 1.54) is 5.57 Å². The number of aryl methyl sites for hydroxylation is 2. The Kier molecular flexibility index (Phi) is 6.46. The number of hydrogen-bond donors (Lipinski definition) is 2. The first-order chi connectivity index (χ1) is 13.8. The summed E-state index contributed by atoms with van der Waals surface area (Å²) < 4.78 is 5.42. The minimum absolute atomic E-state index is 0.0438. The Hall–Kier alpha value is -2.56. The lowest BCUT2D eigenvalue weighted by molar-refractivity contribution is 0.399. The smallest absolute Gasteiger partial charge is 0.261 e. The Bertz CT molecular complexity index is 926. The molecule has 2 atom stereocenters. The van der Waals surface area contributed by atoms with Crippen LogP contribution in [0.1, 0.15) is 75.7 Å². The maximum Gasteiger partial charge on any atom is 0.261 e. The number of unbranched alkanes of at least 4 members (excludes halogenated alkanes) is 2. The van der Waals surface area contributed by atoms with E-state index in [0.717, 1.165) is 49.7 Å². The third-order valence-corrected chi connectivity index (χ3v) is 5.90. The van der Waals surface area contributed by atoms with Crippen molar-refractivity contribution < 1.29 is 14.7 Å². The fourth-order valence-electron chi connectivity index (χ4n) is 4.36. The second-order valence-corrected chi connectivity index (χ2v) is 8.33. The van der Waals surface area contributed by atoms with Gasteiger partial charge in [0.15, 0.2) is 5.82 Å². The molecule has 0 saturated carbocycles. The van der Waals surface area contributed by atoms with Crippen LogP contribution in [0.25, 0.3) is 11.5 Å². The van der Waals surface area contributed by atoms with Gasteiger partial charge < -0.3 is 14.7 Å². The van der Waals surface area contributed by atoms with Gasteiger partial charge in [0.2, 0.25) is 0 Å². The molecule has 0 bridgehead atoms. The van der Waals surface area contributed by atoms with Gasteiger partial charge in [-0.2, -0.15) is 4.98 Å². The maximum atomic E-state index is 11.4. The van der Waals surface area contributed by atoms with Crippen molar-refractivity contribution in [2.24, 2.45) is 5.92 Å². The van der Waals surface area contributed by atoms with E-state index in [1.54, 1.807) is 13.0 Å². The molecule has 1 aromatic carbocycles. The van der Waals surface area contributed by atoms with E-state index in [1.807, 2.05) is 6.92 Å². The zero-order valence-electron chi connectivity index (χ0n) is 18.0. The molecule has 1 aliphatic rings. The molecule has 156 valence electrons. The van der Waals surface area contributed by atoms with Crippen molar-refractivity contribution in [2.75, 3.05) is 0 Å². The molecule has 29 heavy (non-hydrogen) atoms. The van der Waals surface area contributed by atoms with E-state index >= 15 is 0 Å². The molecule has 0 spiro atoms. The molecule has 2 aromatic rings. The van der Waals surface area contributed by atoms with Gasteiger partial charge in [0.05, 0.1) is 5.56 Å². The molecule has 5 nitrogen and oxygen atoms in total. The summed E-state index contributed by atoms with van der Waals surface area (Å²) in [4.78, 5) is 4.36. The fourth-order valence-corrected chi connectivity index (χ4v) is 4.36. The quantitative estimate of drug-likeness (QED) is 0.430. The zero-order valence-corrected chi connectivity index (χ0v) is 18.0. The normalized spacial score (nSPS) is 19.2. The molecule has 0 saturated heterocycles. The summed E-state index contributed by atoms with van der Waals surface area (Å²) in [6.07, 6.45) is 7.97. The highest BCUT2D eigenvalue weighted by molar-refractivity contribution is 5.73. The van der Waals surface area contributed by atoms with Crippen LogP contribution >= 0.6 is 0 Å². The van der Waals surface area contributed by atoms with E-state index in [9.17, 15) is 10.2 Å². The van der Waals surface area contributed by atoms with Crippen molar-refractivity contribution in [1.82, 2.24) is 10.1 Å². The highest BCUT2D eigenvalue weighted by Gasteiger charge is 2.33. The molecule has 1 aromatic heterocycles. The SMILES string of the molecule is C=C(C)C1CCC(C)=CC1c1c(O)cc(CCCCC)c(-c2nc(C)no2)c1O. The van der Waals surface area contributed by atoms with Crippen LogP contribution in [0.5, 0.6) is 11.5 Å². The number of nitrogens with zero attached hydrogens (tertiary/aromatic N) is 2. The van der Waals surface area contributed by atoms with Crippen LogP contribution in [0.2, 0.25) is 0 Å². The Morgan fingerprint density at radius 1 is 1.28 bits per heavy atom. The van der Waals surface area contributed by atoms with Gasteiger partial charge >= 0.3 is 0 Å². The van der Waals surface area contributed by atoms with Crippen LogP contribution in [0.3, 0.4) is 0 Å². The van der Waals surface area contributed by atoms with Gasteiger partial charge in [-0.1, -0.05) is 48.7 Å². The minimum atomic E-state index is -0.131. The van der Waals surface area contributed by atoms with E-state index in [2.05, 4.69) is 36.6 Å². The summed E-state index contributed by atoms with van der Waals surface area (Å²) in [7, 11) is 0. The topological polar surface area (TPSA) is 79.4 Å². The first-order valence-corrected chi connectivity index (χ1v) is 10.5. The van der Waals surface area contributed by atoms with Gasteiger partial charge in [-0.05, 0) is 64.0 Å². The van der Waals surface area contributed by atoms with Crippen molar-refractivity contribution in [3.8, 4) is 23.0 Å². The van der Waals surface area contributed by atoms with Crippen LogP contribution in [0, 0.1) is 12.8 Å². The number of hydrogen-bond acceptors (Lipinski definition) is 5. The summed E-state index contributed by atoms with van der Waals surface area (Å²) in [5.74, 6) is 1.02.